The van der Waals surface area contributed by atoms with Gasteiger partial charge in [-0.05, 0) is 29.3 Å². The predicted molar refractivity (Wildman–Crippen MR) is 119 cm³/mol. The Morgan fingerprint density at radius 3 is 2.70 bits per heavy atom. The second kappa shape index (κ2) is 8.64. The number of carbonyl (C=O) groups is 1. The number of hydrogen-bond donors (Lipinski definition) is 1. The van der Waals surface area contributed by atoms with Crippen molar-refractivity contribution in [3.8, 4) is 0 Å². The van der Waals surface area contributed by atoms with Gasteiger partial charge in [0.1, 0.15) is 11.2 Å². The Morgan fingerprint density at radius 2 is 1.87 bits per heavy atom. The van der Waals surface area contributed by atoms with Gasteiger partial charge in [-0.3, -0.25) is 18.7 Å². The summed E-state index contributed by atoms with van der Waals surface area (Å²) in [6.07, 6.45) is 0.532. The Kier molecular flexibility index (Phi) is 5.78. The summed E-state index contributed by atoms with van der Waals surface area (Å²) in [6, 6.07) is 15.1. The minimum absolute atomic E-state index is 0.181. The SMILES string of the molecule is COCCCn1c(=O)c2sccc2n(CC(=O)Nc2cccc3ccccc23)c1=O. The largest absolute Gasteiger partial charge is 0.385 e. The van der Waals surface area contributed by atoms with E-state index in [1.165, 1.54) is 20.5 Å². The topological polar surface area (TPSA) is 82.3 Å². The van der Waals surface area contributed by atoms with Gasteiger partial charge >= 0.3 is 5.69 Å². The van der Waals surface area contributed by atoms with Crippen molar-refractivity contribution in [3.05, 3.63) is 74.7 Å². The molecule has 4 aromatic rings. The van der Waals surface area contributed by atoms with Crippen LogP contribution in [0.25, 0.3) is 21.0 Å². The van der Waals surface area contributed by atoms with Gasteiger partial charge in [-0.1, -0.05) is 36.4 Å². The van der Waals surface area contributed by atoms with Gasteiger partial charge in [0.2, 0.25) is 5.91 Å². The Bertz CT molecular complexity index is 1330. The van der Waals surface area contributed by atoms with E-state index in [1.54, 1.807) is 18.6 Å². The highest BCUT2D eigenvalue weighted by molar-refractivity contribution is 7.17. The van der Waals surface area contributed by atoms with Gasteiger partial charge in [0.25, 0.3) is 5.56 Å². The number of anilines is 1. The summed E-state index contributed by atoms with van der Waals surface area (Å²) in [5.74, 6) is -0.331. The van der Waals surface area contributed by atoms with Gasteiger partial charge in [-0.15, -0.1) is 11.3 Å². The Balaban J connectivity index is 1.67. The number of nitrogens with zero attached hydrogens (tertiary/aromatic N) is 2. The highest BCUT2D eigenvalue weighted by atomic mass is 32.1. The van der Waals surface area contributed by atoms with Gasteiger partial charge in [-0.2, -0.15) is 0 Å². The molecule has 2 aromatic carbocycles. The second-order valence-corrected chi connectivity index (χ2v) is 7.80. The first-order chi connectivity index (χ1) is 14.6. The molecule has 0 aliphatic carbocycles. The molecule has 2 heterocycles. The summed E-state index contributed by atoms with van der Waals surface area (Å²) in [4.78, 5) is 38.5. The molecule has 154 valence electrons. The standard InChI is InChI=1S/C22H21N3O4S/c1-29-12-5-11-24-21(27)20-18(10-13-30-20)25(22(24)28)14-19(26)23-17-9-4-7-15-6-2-3-8-16(15)17/h2-4,6-10,13H,5,11-12,14H2,1H3,(H,23,26). The summed E-state index contributed by atoms with van der Waals surface area (Å²) in [7, 11) is 1.57. The number of thiophene rings is 1. The van der Waals surface area contributed by atoms with E-state index in [0.717, 1.165) is 10.8 Å². The number of hydrogen-bond acceptors (Lipinski definition) is 5. The molecule has 0 spiro atoms. The zero-order chi connectivity index (χ0) is 21.1. The number of amides is 1. The maximum absolute atomic E-state index is 13.0. The van der Waals surface area contributed by atoms with Gasteiger partial charge < -0.3 is 10.1 Å². The third kappa shape index (κ3) is 3.79. The fourth-order valence-corrected chi connectivity index (χ4v) is 4.36. The number of ether oxygens (including phenoxy) is 1. The van der Waals surface area contributed by atoms with Crippen molar-refractivity contribution in [3.63, 3.8) is 0 Å². The van der Waals surface area contributed by atoms with Crippen molar-refractivity contribution in [1.29, 1.82) is 0 Å². The van der Waals surface area contributed by atoms with Crippen molar-refractivity contribution >= 4 is 43.9 Å². The molecular formula is C22H21N3O4S. The van der Waals surface area contributed by atoms with Crippen LogP contribution in [0.15, 0.2) is 63.5 Å². The molecule has 8 heteroatoms. The fourth-order valence-electron chi connectivity index (χ4n) is 3.52. The van der Waals surface area contributed by atoms with E-state index in [4.69, 9.17) is 4.74 Å². The minimum atomic E-state index is -0.491. The highest BCUT2D eigenvalue weighted by Gasteiger charge is 2.16. The van der Waals surface area contributed by atoms with Crippen LogP contribution in [0.4, 0.5) is 5.69 Å². The Hall–Kier alpha value is -3.23. The monoisotopic (exact) mass is 423 g/mol. The summed E-state index contributed by atoms with van der Waals surface area (Å²) >= 11 is 1.27. The molecule has 0 aliphatic rings. The summed E-state index contributed by atoms with van der Waals surface area (Å²) in [5, 5.41) is 6.59. The van der Waals surface area contributed by atoms with Crippen LogP contribution in [-0.4, -0.2) is 28.8 Å². The van der Waals surface area contributed by atoms with Crippen LogP contribution in [0.5, 0.6) is 0 Å². The third-order valence-electron chi connectivity index (χ3n) is 4.93. The van der Waals surface area contributed by atoms with Crippen LogP contribution in [-0.2, 0) is 22.6 Å². The summed E-state index contributed by atoms with van der Waals surface area (Å²) in [5.41, 5.74) is 0.342. The lowest BCUT2D eigenvalue weighted by atomic mass is 10.1. The molecule has 0 unspecified atom stereocenters. The third-order valence-corrected chi connectivity index (χ3v) is 5.82. The van der Waals surface area contributed by atoms with Crippen LogP contribution in [0, 0.1) is 0 Å². The Labute approximate surface area is 176 Å². The molecular weight excluding hydrogens is 402 g/mol. The van der Waals surface area contributed by atoms with Gasteiger partial charge in [0.15, 0.2) is 0 Å². The molecule has 0 fully saturated rings. The van der Waals surface area contributed by atoms with E-state index >= 15 is 0 Å². The van der Waals surface area contributed by atoms with Gasteiger partial charge in [0, 0.05) is 31.3 Å². The van der Waals surface area contributed by atoms with Crippen LogP contribution in [0.3, 0.4) is 0 Å². The lowest BCUT2D eigenvalue weighted by molar-refractivity contribution is -0.116. The molecule has 0 saturated heterocycles. The number of aromatic nitrogens is 2. The molecule has 7 nitrogen and oxygen atoms in total. The number of carbonyl (C=O) groups excluding carboxylic acids is 1. The first-order valence-electron chi connectivity index (χ1n) is 9.57. The van der Waals surface area contributed by atoms with Crippen LogP contribution < -0.4 is 16.6 Å². The lowest BCUT2D eigenvalue weighted by Gasteiger charge is -2.13. The Morgan fingerprint density at radius 1 is 1.07 bits per heavy atom. The van der Waals surface area contributed by atoms with E-state index in [1.807, 2.05) is 42.5 Å². The zero-order valence-corrected chi connectivity index (χ0v) is 17.3. The number of methoxy groups -OCH3 is 1. The van der Waals surface area contributed by atoms with E-state index in [-0.39, 0.29) is 24.6 Å². The van der Waals surface area contributed by atoms with Gasteiger partial charge in [0.05, 0.1) is 5.52 Å². The molecule has 2 aromatic heterocycles. The molecule has 1 N–H and O–H groups in total. The number of fused-ring (bicyclic) bond motifs is 2. The molecule has 0 radical (unpaired) electrons. The number of nitrogens with one attached hydrogen (secondary N) is 1. The summed E-state index contributed by atoms with van der Waals surface area (Å²) in [6.45, 7) is 0.500. The van der Waals surface area contributed by atoms with Crippen LogP contribution >= 0.6 is 11.3 Å². The smallest absolute Gasteiger partial charge is 0.332 e. The van der Waals surface area contributed by atoms with Crippen molar-refractivity contribution in [2.45, 2.75) is 19.5 Å². The predicted octanol–water partition coefficient (Wildman–Crippen LogP) is 3.05. The van der Waals surface area contributed by atoms with E-state index in [9.17, 15) is 14.4 Å². The molecule has 0 saturated carbocycles. The van der Waals surface area contributed by atoms with E-state index < -0.39 is 5.69 Å². The van der Waals surface area contributed by atoms with Crippen molar-refractivity contribution in [2.75, 3.05) is 19.0 Å². The van der Waals surface area contributed by atoms with Crippen LogP contribution in [0.2, 0.25) is 0 Å². The quantitative estimate of drug-likeness (QED) is 0.463. The normalized spacial score (nSPS) is 11.2. The molecule has 4 rings (SSSR count). The molecule has 30 heavy (non-hydrogen) atoms. The van der Waals surface area contributed by atoms with Crippen molar-refractivity contribution in [2.24, 2.45) is 0 Å². The fraction of sp³-hybridized carbons (Fsp3) is 0.227. The average molecular weight is 423 g/mol. The van der Waals surface area contributed by atoms with Crippen molar-refractivity contribution < 1.29 is 9.53 Å². The zero-order valence-electron chi connectivity index (χ0n) is 16.5. The van der Waals surface area contributed by atoms with Crippen LogP contribution in [0.1, 0.15) is 6.42 Å². The molecule has 0 aliphatic heterocycles. The minimum Gasteiger partial charge on any atom is -0.385 e. The number of rotatable bonds is 7. The van der Waals surface area contributed by atoms with Gasteiger partial charge in [-0.25, -0.2) is 4.79 Å². The number of benzene rings is 2. The molecule has 0 atom stereocenters. The van der Waals surface area contributed by atoms with E-state index in [2.05, 4.69) is 5.32 Å². The van der Waals surface area contributed by atoms with Crippen molar-refractivity contribution in [1.82, 2.24) is 9.13 Å². The first kappa shape index (κ1) is 20.1. The maximum atomic E-state index is 13.0. The molecule has 0 bridgehead atoms. The maximum Gasteiger partial charge on any atom is 0.332 e. The first-order valence-corrected chi connectivity index (χ1v) is 10.5. The summed E-state index contributed by atoms with van der Waals surface area (Å²) < 4.78 is 8.03. The average Bonchev–Trinajstić information content (AvgIpc) is 3.24. The molecule has 1 amide bonds. The lowest BCUT2D eigenvalue weighted by Crippen LogP contribution is -2.41. The highest BCUT2D eigenvalue weighted by Crippen LogP contribution is 2.23. The second-order valence-electron chi connectivity index (χ2n) is 6.88. The van der Waals surface area contributed by atoms with E-state index in [0.29, 0.717) is 28.9 Å².